The molecule has 0 saturated carbocycles. The number of anilines is 1. The average Bonchev–Trinajstić information content (AvgIpc) is 2.17. The Kier molecular flexibility index (Phi) is 1.94. The molecule has 1 aliphatic heterocycles. The number of carboxylic acid groups (broad SMARTS) is 1. The first-order chi connectivity index (χ1) is 6.68. The van der Waals surface area contributed by atoms with E-state index in [0.29, 0.717) is 11.4 Å². The third-order valence-electron chi connectivity index (χ3n) is 1.96. The molecule has 0 saturated heterocycles. The predicted octanol–water partition coefficient (Wildman–Crippen LogP) is 1.05. The molecule has 0 aliphatic carbocycles. The van der Waals surface area contributed by atoms with Crippen LogP contribution in [0.2, 0.25) is 0 Å². The van der Waals surface area contributed by atoms with E-state index in [1.807, 2.05) is 0 Å². The minimum atomic E-state index is -1.11. The lowest BCUT2D eigenvalue weighted by molar-refractivity contribution is -0.129. The molecule has 1 aromatic rings. The standard InChI is InChI=1S/C9H8N2O3/c12-9(13)7-5-11(14)8-4-2-1-3-6(8)10-7/h1-4,14H,5H2,(H,12,13). The molecule has 0 unspecified atom stereocenters. The number of rotatable bonds is 1. The van der Waals surface area contributed by atoms with Gasteiger partial charge < -0.3 is 5.11 Å². The van der Waals surface area contributed by atoms with Crippen molar-refractivity contribution < 1.29 is 15.1 Å². The number of para-hydroxylation sites is 2. The van der Waals surface area contributed by atoms with Crippen LogP contribution in [0.25, 0.3) is 0 Å². The lowest BCUT2D eigenvalue weighted by Gasteiger charge is -2.22. The van der Waals surface area contributed by atoms with Crippen molar-refractivity contribution in [2.24, 2.45) is 4.99 Å². The summed E-state index contributed by atoms with van der Waals surface area (Å²) in [6, 6.07) is 6.82. The number of carbonyl (C=O) groups is 1. The second-order valence-electron chi connectivity index (χ2n) is 2.91. The molecule has 1 aliphatic rings. The van der Waals surface area contributed by atoms with Gasteiger partial charge in [0, 0.05) is 0 Å². The fraction of sp³-hybridized carbons (Fsp3) is 0.111. The van der Waals surface area contributed by atoms with Gasteiger partial charge in [0.15, 0.2) is 0 Å². The average molecular weight is 192 g/mol. The van der Waals surface area contributed by atoms with Crippen molar-refractivity contribution in [1.82, 2.24) is 0 Å². The largest absolute Gasteiger partial charge is 0.477 e. The Morgan fingerprint density at radius 1 is 1.43 bits per heavy atom. The highest BCUT2D eigenvalue weighted by atomic mass is 16.5. The molecule has 2 N–H and O–H groups in total. The van der Waals surface area contributed by atoms with Crippen molar-refractivity contribution in [3.05, 3.63) is 24.3 Å². The molecule has 1 heterocycles. The highest BCUT2D eigenvalue weighted by molar-refractivity contribution is 6.38. The fourth-order valence-electron chi connectivity index (χ4n) is 1.30. The first kappa shape index (κ1) is 8.71. The van der Waals surface area contributed by atoms with E-state index in [0.717, 1.165) is 5.06 Å². The summed E-state index contributed by atoms with van der Waals surface area (Å²) in [6.45, 7) is -0.0909. The minimum absolute atomic E-state index is 0.0637. The summed E-state index contributed by atoms with van der Waals surface area (Å²) < 4.78 is 0. The molecule has 14 heavy (non-hydrogen) atoms. The van der Waals surface area contributed by atoms with Gasteiger partial charge in [0.2, 0.25) is 0 Å². The number of hydrogen-bond acceptors (Lipinski definition) is 4. The van der Waals surface area contributed by atoms with Crippen LogP contribution in [0.15, 0.2) is 29.3 Å². The number of hydrogen-bond donors (Lipinski definition) is 2. The molecule has 0 atom stereocenters. The van der Waals surface area contributed by atoms with E-state index >= 15 is 0 Å². The highest BCUT2D eigenvalue weighted by Gasteiger charge is 2.21. The summed E-state index contributed by atoms with van der Waals surface area (Å²) in [6.07, 6.45) is 0. The van der Waals surface area contributed by atoms with E-state index in [1.165, 1.54) is 0 Å². The number of nitrogens with zero attached hydrogens (tertiary/aromatic N) is 2. The van der Waals surface area contributed by atoms with Gasteiger partial charge in [-0.2, -0.15) is 0 Å². The first-order valence-corrected chi connectivity index (χ1v) is 4.05. The highest BCUT2D eigenvalue weighted by Crippen LogP contribution is 2.30. The smallest absolute Gasteiger partial charge is 0.352 e. The van der Waals surface area contributed by atoms with E-state index in [-0.39, 0.29) is 12.3 Å². The van der Waals surface area contributed by atoms with E-state index in [1.54, 1.807) is 24.3 Å². The lowest BCUT2D eigenvalue weighted by Crippen LogP contribution is -2.33. The van der Waals surface area contributed by atoms with Crippen LogP contribution >= 0.6 is 0 Å². The van der Waals surface area contributed by atoms with E-state index in [2.05, 4.69) is 4.99 Å². The van der Waals surface area contributed by atoms with Crippen LogP contribution in [-0.4, -0.2) is 28.5 Å². The molecule has 0 fully saturated rings. The summed E-state index contributed by atoms with van der Waals surface area (Å²) in [4.78, 5) is 14.6. The number of hydroxylamine groups is 1. The van der Waals surface area contributed by atoms with Crippen LogP contribution in [0.1, 0.15) is 0 Å². The van der Waals surface area contributed by atoms with Gasteiger partial charge in [-0.1, -0.05) is 12.1 Å². The van der Waals surface area contributed by atoms with Crippen molar-refractivity contribution in [2.75, 3.05) is 11.6 Å². The quantitative estimate of drug-likeness (QED) is 0.697. The normalized spacial score (nSPS) is 14.6. The molecule has 5 nitrogen and oxygen atoms in total. The van der Waals surface area contributed by atoms with Gasteiger partial charge in [0.1, 0.15) is 5.71 Å². The molecule has 0 bridgehead atoms. The van der Waals surface area contributed by atoms with Crippen LogP contribution in [0.3, 0.4) is 0 Å². The molecular formula is C9H8N2O3. The van der Waals surface area contributed by atoms with Crippen LogP contribution < -0.4 is 5.06 Å². The SMILES string of the molecule is O=C(O)C1=Nc2ccccc2N(O)C1. The fourth-order valence-corrected chi connectivity index (χ4v) is 1.30. The molecule has 0 amide bonds. The van der Waals surface area contributed by atoms with Crippen molar-refractivity contribution in [3.8, 4) is 0 Å². The summed E-state index contributed by atoms with van der Waals surface area (Å²) >= 11 is 0. The van der Waals surface area contributed by atoms with E-state index in [4.69, 9.17) is 5.11 Å². The number of aliphatic carboxylic acids is 1. The molecule has 5 heteroatoms. The Hall–Kier alpha value is -1.88. The Balaban J connectivity index is 2.50. The van der Waals surface area contributed by atoms with Crippen molar-refractivity contribution in [1.29, 1.82) is 0 Å². The van der Waals surface area contributed by atoms with Gasteiger partial charge in [-0.25, -0.2) is 14.9 Å². The second-order valence-corrected chi connectivity index (χ2v) is 2.91. The minimum Gasteiger partial charge on any atom is -0.477 e. The van der Waals surface area contributed by atoms with E-state index < -0.39 is 5.97 Å². The van der Waals surface area contributed by atoms with Crippen molar-refractivity contribution in [3.63, 3.8) is 0 Å². The van der Waals surface area contributed by atoms with Gasteiger partial charge in [0.05, 0.1) is 17.9 Å². The second kappa shape index (κ2) is 3.12. The zero-order valence-electron chi connectivity index (χ0n) is 7.21. The molecule has 0 aromatic heterocycles. The van der Waals surface area contributed by atoms with Gasteiger partial charge in [-0.15, -0.1) is 0 Å². The maximum Gasteiger partial charge on any atom is 0.352 e. The topological polar surface area (TPSA) is 73.1 Å². The molecular weight excluding hydrogens is 184 g/mol. The first-order valence-electron chi connectivity index (χ1n) is 4.05. The zero-order chi connectivity index (χ0) is 10.1. The maximum atomic E-state index is 10.6. The Morgan fingerprint density at radius 2 is 2.14 bits per heavy atom. The maximum absolute atomic E-state index is 10.6. The lowest BCUT2D eigenvalue weighted by atomic mass is 10.2. The summed E-state index contributed by atoms with van der Waals surface area (Å²) in [5.74, 6) is -1.11. The molecule has 2 rings (SSSR count). The Labute approximate surface area is 79.9 Å². The van der Waals surface area contributed by atoms with Gasteiger partial charge in [-0.3, -0.25) is 5.21 Å². The molecule has 1 aromatic carbocycles. The van der Waals surface area contributed by atoms with Gasteiger partial charge in [-0.05, 0) is 12.1 Å². The number of benzene rings is 1. The van der Waals surface area contributed by atoms with Crippen molar-refractivity contribution >= 4 is 23.1 Å². The number of carboxylic acids is 1. The molecule has 0 spiro atoms. The Morgan fingerprint density at radius 3 is 2.86 bits per heavy atom. The Bertz CT molecular complexity index is 414. The third-order valence-corrected chi connectivity index (χ3v) is 1.96. The van der Waals surface area contributed by atoms with Crippen LogP contribution in [-0.2, 0) is 4.79 Å². The van der Waals surface area contributed by atoms with Crippen molar-refractivity contribution in [2.45, 2.75) is 0 Å². The molecule has 0 radical (unpaired) electrons. The van der Waals surface area contributed by atoms with Crippen LogP contribution in [0.5, 0.6) is 0 Å². The summed E-state index contributed by atoms with van der Waals surface area (Å²) in [5, 5.41) is 19.1. The van der Waals surface area contributed by atoms with Crippen LogP contribution in [0, 0.1) is 0 Å². The van der Waals surface area contributed by atoms with E-state index in [9.17, 15) is 10.0 Å². The monoisotopic (exact) mass is 192 g/mol. The van der Waals surface area contributed by atoms with Gasteiger partial charge in [0.25, 0.3) is 0 Å². The zero-order valence-corrected chi connectivity index (χ0v) is 7.21. The number of aliphatic imine (C=N–C) groups is 1. The number of fused-ring (bicyclic) bond motifs is 1. The summed E-state index contributed by atoms with van der Waals surface area (Å²) in [5.41, 5.74) is 0.933. The predicted molar refractivity (Wildman–Crippen MR) is 50.3 cm³/mol. The third kappa shape index (κ3) is 1.33. The molecule has 72 valence electrons. The van der Waals surface area contributed by atoms with Crippen LogP contribution in [0.4, 0.5) is 11.4 Å². The summed E-state index contributed by atoms with van der Waals surface area (Å²) in [7, 11) is 0. The van der Waals surface area contributed by atoms with Gasteiger partial charge >= 0.3 is 5.97 Å².